The Morgan fingerprint density at radius 3 is 2.00 bits per heavy atom. The number of carbonyl (C=O) groups excluding carboxylic acids is 2. The molecule has 216 valence electrons. The number of carbonyl (C=O) groups is 2. The van der Waals surface area contributed by atoms with Crippen LogP contribution in [0.15, 0.2) is 0 Å². The largest absolute Gasteiger partial charge is 0.460 e. The number of ether oxygens (including phenoxy) is 1. The fourth-order valence-corrected chi connectivity index (χ4v) is 10.5. The summed E-state index contributed by atoms with van der Waals surface area (Å²) in [5, 5.41) is 13.9. The Kier molecular flexibility index (Phi) is 11.0. The molecular formula is C25H46N2O8S2. The lowest BCUT2D eigenvalue weighted by Crippen LogP contribution is -2.56. The van der Waals surface area contributed by atoms with Crippen LogP contribution in [0.2, 0.25) is 0 Å². The molecule has 0 aromatic rings. The Morgan fingerprint density at radius 1 is 0.973 bits per heavy atom. The lowest BCUT2D eigenvalue weighted by molar-refractivity contribution is -0.164. The molecule has 2 unspecified atom stereocenters. The quantitative estimate of drug-likeness (QED) is 0.333. The molecule has 2 fully saturated rings. The van der Waals surface area contributed by atoms with Gasteiger partial charge in [0.2, 0.25) is 5.91 Å². The van der Waals surface area contributed by atoms with E-state index in [-0.39, 0.29) is 29.8 Å². The fraction of sp³-hybridized carbons (Fsp3) is 0.920. The fourth-order valence-electron chi connectivity index (χ4n) is 5.34. The summed E-state index contributed by atoms with van der Waals surface area (Å²) in [4.78, 5) is 26.1. The molecule has 37 heavy (non-hydrogen) atoms. The third-order valence-electron chi connectivity index (χ3n) is 7.28. The number of hydrogen-bond acceptors (Lipinski definition) is 9. The first-order valence-electron chi connectivity index (χ1n) is 13.3. The van der Waals surface area contributed by atoms with Crippen LogP contribution in [0.1, 0.15) is 86.0 Å². The molecule has 2 aliphatic rings. The maximum atomic E-state index is 13.3. The summed E-state index contributed by atoms with van der Waals surface area (Å²) in [7, 11) is -7.88. The summed E-state index contributed by atoms with van der Waals surface area (Å²) in [6, 6.07) is -2.17. The number of sulfone groups is 2. The minimum atomic E-state index is -3.94. The summed E-state index contributed by atoms with van der Waals surface area (Å²) < 4.78 is 54.1. The van der Waals surface area contributed by atoms with Gasteiger partial charge in [-0.05, 0) is 45.4 Å². The van der Waals surface area contributed by atoms with Gasteiger partial charge in [-0.15, -0.1) is 0 Å². The maximum Gasteiger partial charge on any atom is 0.311 e. The van der Waals surface area contributed by atoms with Crippen LogP contribution < -0.4 is 11.1 Å². The first-order chi connectivity index (χ1) is 16.9. The summed E-state index contributed by atoms with van der Waals surface area (Å²) in [6.45, 7) is 8.68. The van der Waals surface area contributed by atoms with E-state index in [2.05, 4.69) is 5.32 Å². The SMILES string of the molecule is CC(C)C(C(=O)OC(C)(C)C)C(N)C(=O)N[C@@H](CC1CCCCC1)[C@@H](O)CC1S(=O)(=O)CCCS1(=O)=O. The van der Waals surface area contributed by atoms with Gasteiger partial charge >= 0.3 is 5.97 Å². The van der Waals surface area contributed by atoms with Crippen LogP contribution in [0, 0.1) is 17.8 Å². The number of aliphatic hydroxyl groups is 1. The van der Waals surface area contributed by atoms with E-state index in [1.54, 1.807) is 34.6 Å². The minimum absolute atomic E-state index is 0.0373. The van der Waals surface area contributed by atoms with Gasteiger partial charge in [-0.1, -0.05) is 46.0 Å². The first kappa shape index (κ1) is 32.0. The molecule has 1 amide bonds. The molecular weight excluding hydrogens is 520 g/mol. The standard InChI is InChI=1S/C25H46N2O8S2/c1-16(2)21(24(30)35-25(3,4)5)22(26)23(29)27-18(14-17-10-7-6-8-11-17)19(28)15-20-36(31,32)12-9-13-37(20,33)34/h16-22,28H,6-15,26H2,1-5H3,(H,27,29)/t18-,19-,21?,22?/m0/s1. The molecule has 0 aromatic heterocycles. The second-order valence-electron chi connectivity index (χ2n) is 12.0. The lowest BCUT2D eigenvalue weighted by Gasteiger charge is -2.34. The molecule has 1 aliphatic heterocycles. The van der Waals surface area contributed by atoms with E-state index < -0.39 is 72.3 Å². The monoisotopic (exact) mass is 566 g/mol. The predicted octanol–water partition coefficient (Wildman–Crippen LogP) is 1.69. The molecule has 1 saturated carbocycles. The van der Waals surface area contributed by atoms with Gasteiger partial charge in [0, 0.05) is 6.42 Å². The van der Waals surface area contributed by atoms with Gasteiger partial charge in [0.05, 0.1) is 35.6 Å². The van der Waals surface area contributed by atoms with Gasteiger partial charge in [-0.3, -0.25) is 9.59 Å². The highest BCUT2D eigenvalue weighted by molar-refractivity contribution is 8.09. The van der Waals surface area contributed by atoms with Gasteiger partial charge in [0.15, 0.2) is 24.3 Å². The Morgan fingerprint density at radius 2 is 1.51 bits per heavy atom. The second kappa shape index (κ2) is 12.7. The molecule has 4 atom stereocenters. The van der Waals surface area contributed by atoms with Crippen molar-refractivity contribution in [3.8, 4) is 0 Å². The van der Waals surface area contributed by atoms with Gasteiger partial charge in [-0.2, -0.15) is 0 Å². The van der Waals surface area contributed by atoms with E-state index in [1.807, 2.05) is 0 Å². The molecule has 10 nitrogen and oxygen atoms in total. The average molecular weight is 567 g/mol. The molecule has 0 bridgehead atoms. The summed E-state index contributed by atoms with van der Waals surface area (Å²) in [5.74, 6) is -2.83. The number of amides is 1. The van der Waals surface area contributed by atoms with Gasteiger partial charge in [0.1, 0.15) is 5.60 Å². The number of nitrogens with two attached hydrogens (primary N) is 1. The van der Waals surface area contributed by atoms with Crippen LogP contribution in [0.4, 0.5) is 0 Å². The van der Waals surface area contributed by atoms with Crippen molar-refractivity contribution in [1.29, 1.82) is 0 Å². The van der Waals surface area contributed by atoms with E-state index in [4.69, 9.17) is 10.5 Å². The van der Waals surface area contributed by atoms with Crippen molar-refractivity contribution in [1.82, 2.24) is 5.32 Å². The molecule has 2 rings (SSSR count). The average Bonchev–Trinajstić information content (AvgIpc) is 2.74. The number of rotatable bonds is 10. The van der Waals surface area contributed by atoms with Crippen molar-refractivity contribution in [2.24, 2.45) is 23.5 Å². The van der Waals surface area contributed by atoms with E-state index >= 15 is 0 Å². The first-order valence-corrected chi connectivity index (χ1v) is 16.8. The molecule has 12 heteroatoms. The Bertz CT molecular complexity index is 964. The highest BCUT2D eigenvalue weighted by atomic mass is 32.3. The van der Waals surface area contributed by atoms with E-state index in [9.17, 15) is 31.5 Å². The smallest absolute Gasteiger partial charge is 0.311 e. The van der Waals surface area contributed by atoms with E-state index in [0.717, 1.165) is 32.1 Å². The normalized spacial score (nSPS) is 24.1. The van der Waals surface area contributed by atoms with Crippen LogP contribution in [-0.4, -0.2) is 73.7 Å². The summed E-state index contributed by atoms with van der Waals surface area (Å²) >= 11 is 0. The van der Waals surface area contributed by atoms with Crippen LogP contribution >= 0.6 is 0 Å². The molecule has 1 heterocycles. The molecule has 0 spiro atoms. The van der Waals surface area contributed by atoms with Gasteiger partial charge < -0.3 is 20.9 Å². The number of aliphatic hydroxyl groups excluding tert-OH is 1. The number of hydrogen-bond donors (Lipinski definition) is 3. The minimum Gasteiger partial charge on any atom is -0.460 e. The van der Waals surface area contributed by atoms with Crippen molar-refractivity contribution in [2.75, 3.05) is 11.5 Å². The summed E-state index contributed by atoms with van der Waals surface area (Å²) in [5.41, 5.74) is 5.48. The highest BCUT2D eigenvalue weighted by Crippen LogP contribution is 2.31. The third kappa shape index (κ3) is 9.18. The zero-order valence-corrected chi connectivity index (χ0v) is 24.4. The topological polar surface area (TPSA) is 170 Å². The van der Waals surface area contributed by atoms with Crippen molar-refractivity contribution in [3.63, 3.8) is 0 Å². The summed E-state index contributed by atoms with van der Waals surface area (Å²) in [6.07, 6.45) is 3.41. The second-order valence-corrected chi connectivity index (χ2v) is 16.9. The van der Waals surface area contributed by atoms with Crippen LogP contribution in [0.3, 0.4) is 0 Å². The van der Waals surface area contributed by atoms with Crippen molar-refractivity contribution < 1.29 is 36.3 Å². The maximum absolute atomic E-state index is 13.3. The van der Waals surface area contributed by atoms with Crippen molar-refractivity contribution in [2.45, 2.75) is 114 Å². The van der Waals surface area contributed by atoms with Crippen molar-refractivity contribution in [3.05, 3.63) is 0 Å². The zero-order valence-electron chi connectivity index (χ0n) is 22.8. The van der Waals surface area contributed by atoms with E-state index in [0.29, 0.717) is 6.42 Å². The molecule has 4 N–H and O–H groups in total. The number of nitrogens with one attached hydrogen (secondary N) is 1. The Balaban J connectivity index is 2.26. The Labute approximate surface area is 222 Å². The lowest BCUT2D eigenvalue weighted by atomic mass is 9.83. The molecule has 1 aliphatic carbocycles. The van der Waals surface area contributed by atoms with E-state index in [1.165, 1.54) is 0 Å². The third-order valence-corrected chi connectivity index (χ3v) is 12.7. The van der Waals surface area contributed by atoms with Crippen molar-refractivity contribution >= 4 is 31.6 Å². The van der Waals surface area contributed by atoms with Crippen LogP contribution in [-0.2, 0) is 34.0 Å². The molecule has 0 radical (unpaired) electrons. The van der Waals surface area contributed by atoms with Crippen LogP contribution in [0.25, 0.3) is 0 Å². The Hall–Kier alpha value is -1.24. The zero-order chi connectivity index (χ0) is 28.2. The molecule has 1 saturated heterocycles. The number of esters is 1. The van der Waals surface area contributed by atoms with Gasteiger partial charge in [-0.25, -0.2) is 16.8 Å². The predicted molar refractivity (Wildman–Crippen MR) is 142 cm³/mol. The highest BCUT2D eigenvalue weighted by Gasteiger charge is 2.44. The van der Waals surface area contributed by atoms with Gasteiger partial charge in [0.25, 0.3) is 0 Å². The van der Waals surface area contributed by atoms with Crippen LogP contribution in [0.5, 0.6) is 0 Å². The molecule has 0 aromatic carbocycles.